The Morgan fingerprint density at radius 1 is 1.00 bits per heavy atom. The number of pyridine rings is 2. The summed E-state index contributed by atoms with van der Waals surface area (Å²) in [5, 5.41) is 7.49. The second-order valence-electron chi connectivity index (χ2n) is 8.37. The van der Waals surface area contributed by atoms with Crippen LogP contribution in [0.2, 0.25) is 0 Å². The first-order valence-electron chi connectivity index (χ1n) is 11.5. The summed E-state index contributed by atoms with van der Waals surface area (Å²) in [4.78, 5) is 29.3. The molecule has 0 fully saturated rings. The second-order valence-corrected chi connectivity index (χ2v) is 8.37. The quantitative estimate of drug-likeness (QED) is 0.369. The Morgan fingerprint density at radius 3 is 2.44 bits per heavy atom. The van der Waals surface area contributed by atoms with E-state index in [-0.39, 0.29) is 24.6 Å². The monoisotopic (exact) mass is 487 g/mol. The van der Waals surface area contributed by atoms with Crippen molar-refractivity contribution in [1.29, 1.82) is 0 Å². The number of rotatable bonds is 10. The molecule has 0 saturated heterocycles. The molecule has 0 unspecified atom stereocenters. The molecule has 186 valence electrons. The minimum Gasteiger partial charge on any atom is -0.496 e. The zero-order valence-electron chi connectivity index (χ0n) is 20.6. The van der Waals surface area contributed by atoms with Crippen LogP contribution in [0.3, 0.4) is 0 Å². The number of benzene rings is 1. The summed E-state index contributed by atoms with van der Waals surface area (Å²) in [7, 11) is 3.18. The molecule has 0 aliphatic carbocycles. The van der Waals surface area contributed by atoms with E-state index in [1.54, 1.807) is 60.3 Å². The number of amides is 1. The average molecular weight is 488 g/mol. The maximum atomic E-state index is 13.0. The van der Waals surface area contributed by atoms with Gasteiger partial charge < -0.3 is 19.4 Å². The number of hydrogen-bond acceptors (Lipinski definition) is 6. The Hall–Kier alpha value is -4.24. The van der Waals surface area contributed by atoms with E-state index < -0.39 is 0 Å². The lowest BCUT2D eigenvalue weighted by Gasteiger charge is -2.10. The van der Waals surface area contributed by atoms with E-state index in [2.05, 4.69) is 15.4 Å². The fourth-order valence-corrected chi connectivity index (χ4v) is 3.92. The molecule has 3 aromatic heterocycles. The summed E-state index contributed by atoms with van der Waals surface area (Å²) >= 11 is 0. The van der Waals surface area contributed by atoms with Crippen LogP contribution in [-0.2, 0) is 31.0 Å². The second kappa shape index (κ2) is 11.5. The summed E-state index contributed by atoms with van der Waals surface area (Å²) < 4.78 is 14.0. The molecule has 0 aliphatic heterocycles. The van der Waals surface area contributed by atoms with Crippen LogP contribution in [0.25, 0.3) is 0 Å². The molecule has 0 atom stereocenters. The molecular formula is C27H29N5O4. The number of hydrogen-bond donors (Lipinski definition) is 1. The fraction of sp³-hybridized carbons (Fsp3) is 0.259. The predicted octanol–water partition coefficient (Wildman–Crippen LogP) is 2.93. The van der Waals surface area contributed by atoms with Gasteiger partial charge in [0, 0.05) is 37.3 Å². The van der Waals surface area contributed by atoms with Crippen LogP contribution in [0, 0.1) is 6.92 Å². The SMILES string of the molecule is COCc1nn(Cc2ccc(Cn3ccccc3=O)cc2)cc1C(=O)NCc1nccc(OC)c1C. The topological polar surface area (TPSA) is 100 Å². The van der Waals surface area contributed by atoms with E-state index in [1.165, 1.54) is 0 Å². The fourth-order valence-electron chi connectivity index (χ4n) is 3.92. The van der Waals surface area contributed by atoms with Crippen molar-refractivity contribution < 1.29 is 14.3 Å². The van der Waals surface area contributed by atoms with Crippen LogP contribution in [-0.4, -0.2) is 39.5 Å². The largest absolute Gasteiger partial charge is 0.496 e. The van der Waals surface area contributed by atoms with Crippen molar-refractivity contribution in [2.75, 3.05) is 14.2 Å². The Bertz CT molecular complexity index is 1390. The van der Waals surface area contributed by atoms with Crippen molar-refractivity contribution in [3.05, 3.63) is 111 Å². The summed E-state index contributed by atoms with van der Waals surface area (Å²) in [5.41, 5.74) is 4.65. The molecule has 36 heavy (non-hydrogen) atoms. The minimum absolute atomic E-state index is 0.0352. The third-order valence-corrected chi connectivity index (χ3v) is 5.88. The molecule has 3 heterocycles. The molecule has 0 aliphatic rings. The Kier molecular flexibility index (Phi) is 7.92. The number of ether oxygens (including phenoxy) is 2. The lowest BCUT2D eigenvalue weighted by Crippen LogP contribution is -2.24. The maximum absolute atomic E-state index is 13.0. The van der Waals surface area contributed by atoms with Crippen LogP contribution in [0.4, 0.5) is 0 Å². The van der Waals surface area contributed by atoms with Gasteiger partial charge in [0.15, 0.2) is 0 Å². The molecule has 9 nitrogen and oxygen atoms in total. The maximum Gasteiger partial charge on any atom is 0.255 e. The van der Waals surface area contributed by atoms with E-state index >= 15 is 0 Å². The molecule has 1 N–H and O–H groups in total. The number of aromatic nitrogens is 4. The molecule has 9 heteroatoms. The zero-order chi connectivity index (χ0) is 25.5. The first-order chi connectivity index (χ1) is 17.5. The van der Waals surface area contributed by atoms with Crippen LogP contribution in [0.5, 0.6) is 5.75 Å². The van der Waals surface area contributed by atoms with Gasteiger partial charge in [0.05, 0.1) is 44.6 Å². The number of methoxy groups -OCH3 is 2. The minimum atomic E-state index is -0.249. The van der Waals surface area contributed by atoms with Gasteiger partial charge in [-0.15, -0.1) is 0 Å². The first kappa shape index (κ1) is 24.9. The molecule has 0 spiro atoms. The summed E-state index contributed by atoms with van der Waals surface area (Å²) in [5.74, 6) is 0.477. The third-order valence-electron chi connectivity index (χ3n) is 5.88. The van der Waals surface area contributed by atoms with E-state index in [9.17, 15) is 9.59 Å². The standard InChI is InChI=1S/C27H29N5O4/c1-19-23(28-12-11-25(19)36-3)14-29-27(34)22-17-32(30-24(22)18-35-2)16-21-9-7-20(8-10-21)15-31-13-5-4-6-26(31)33/h4-13,17H,14-16,18H2,1-3H3,(H,29,34). The van der Waals surface area contributed by atoms with Crippen molar-refractivity contribution in [1.82, 2.24) is 24.6 Å². The summed E-state index contributed by atoms with van der Waals surface area (Å²) in [6.45, 7) is 3.39. The van der Waals surface area contributed by atoms with Crippen molar-refractivity contribution in [3.8, 4) is 5.75 Å². The number of nitrogens with one attached hydrogen (secondary N) is 1. The van der Waals surface area contributed by atoms with Gasteiger partial charge in [-0.1, -0.05) is 30.3 Å². The molecular weight excluding hydrogens is 458 g/mol. The van der Waals surface area contributed by atoms with Crippen molar-refractivity contribution in [2.45, 2.75) is 33.2 Å². The van der Waals surface area contributed by atoms with Crippen molar-refractivity contribution in [3.63, 3.8) is 0 Å². The number of carbonyl (C=O) groups excluding carboxylic acids is 1. The van der Waals surface area contributed by atoms with Gasteiger partial charge >= 0.3 is 0 Å². The first-order valence-corrected chi connectivity index (χ1v) is 11.5. The lowest BCUT2D eigenvalue weighted by molar-refractivity contribution is 0.0945. The molecule has 0 saturated carbocycles. The normalized spacial score (nSPS) is 10.9. The van der Waals surface area contributed by atoms with Crippen LogP contribution in [0.1, 0.15) is 38.4 Å². The van der Waals surface area contributed by atoms with Crippen LogP contribution >= 0.6 is 0 Å². The highest BCUT2D eigenvalue weighted by Gasteiger charge is 2.17. The molecule has 1 amide bonds. The lowest BCUT2D eigenvalue weighted by atomic mass is 10.1. The molecule has 1 aromatic carbocycles. The third kappa shape index (κ3) is 5.87. The number of nitrogens with zero attached hydrogens (tertiary/aromatic N) is 4. The van der Waals surface area contributed by atoms with Gasteiger partial charge in [-0.25, -0.2) is 0 Å². The summed E-state index contributed by atoms with van der Waals surface area (Å²) in [6.07, 6.45) is 5.16. The van der Waals surface area contributed by atoms with Gasteiger partial charge in [0.25, 0.3) is 11.5 Å². The van der Waals surface area contributed by atoms with E-state index in [0.717, 1.165) is 28.1 Å². The van der Waals surface area contributed by atoms with E-state index in [0.29, 0.717) is 24.3 Å². The highest BCUT2D eigenvalue weighted by molar-refractivity contribution is 5.95. The summed E-state index contributed by atoms with van der Waals surface area (Å²) in [6, 6.07) is 14.9. The predicted molar refractivity (Wildman–Crippen MR) is 135 cm³/mol. The van der Waals surface area contributed by atoms with Gasteiger partial charge in [0.1, 0.15) is 11.4 Å². The van der Waals surface area contributed by atoms with Crippen molar-refractivity contribution >= 4 is 5.91 Å². The highest BCUT2D eigenvalue weighted by atomic mass is 16.5. The van der Waals surface area contributed by atoms with E-state index in [4.69, 9.17) is 9.47 Å². The van der Waals surface area contributed by atoms with Gasteiger partial charge in [-0.05, 0) is 30.2 Å². The zero-order valence-corrected chi connectivity index (χ0v) is 20.6. The van der Waals surface area contributed by atoms with Crippen molar-refractivity contribution in [2.24, 2.45) is 0 Å². The Morgan fingerprint density at radius 2 is 1.75 bits per heavy atom. The smallest absolute Gasteiger partial charge is 0.255 e. The van der Waals surface area contributed by atoms with Gasteiger partial charge in [-0.3, -0.25) is 19.3 Å². The van der Waals surface area contributed by atoms with Gasteiger partial charge in [-0.2, -0.15) is 5.10 Å². The average Bonchev–Trinajstić information content (AvgIpc) is 3.28. The molecule has 0 radical (unpaired) electrons. The Labute approximate surface area is 209 Å². The molecule has 0 bridgehead atoms. The molecule has 4 rings (SSSR count). The highest BCUT2D eigenvalue weighted by Crippen LogP contribution is 2.19. The van der Waals surface area contributed by atoms with Crippen LogP contribution < -0.4 is 15.6 Å². The molecule has 4 aromatic rings. The van der Waals surface area contributed by atoms with Gasteiger partial charge in [0.2, 0.25) is 0 Å². The van der Waals surface area contributed by atoms with Crippen LogP contribution in [0.15, 0.2) is 71.9 Å². The van der Waals surface area contributed by atoms with E-state index in [1.807, 2.05) is 37.3 Å². The number of carbonyl (C=O) groups is 1. The Balaban J connectivity index is 1.44.